The number of aromatic nitrogens is 1. The molecule has 18 heavy (non-hydrogen) atoms. The zero-order chi connectivity index (χ0) is 13.7. The van der Waals surface area contributed by atoms with Gasteiger partial charge in [0.2, 0.25) is 0 Å². The maximum absolute atomic E-state index is 5.83. The van der Waals surface area contributed by atoms with Crippen molar-refractivity contribution >= 4 is 5.82 Å². The smallest absolute Gasteiger partial charge is 0.133 e. The summed E-state index contributed by atoms with van der Waals surface area (Å²) in [6.45, 7) is 13.6. The first kappa shape index (κ1) is 15.0. The van der Waals surface area contributed by atoms with Crippen molar-refractivity contribution in [2.75, 3.05) is 18.0 Å². The van der Waals surface area contributed by atoms with Gasteiger partial charge in [0, 0.05) is 30.9 Å². The average molecular weight is 249 g/mol. The Hall–Kier alpha value is -1.09. The lowest BCUT2D eigenvalue weighted by Crippen LogP contribution is -2.33. The van der Waals surface area contributed by atoms with Crippen molar-refractivity contribution < 1.29 is 0 Å². The molecular weight excluding hydrogens is 222 g/mol. The van der Waals surface area contributed by atoms with E-state index in [1.54, 1.807) is 0 Å². The second-order valence-corrected chi connectivity index (χ2v) is 5.83. The summed E-state index contributed by atoms with van der Waals surface area (Å²) in [6.07, 6.45) is 0. The van der Waals surface area contributed by atoms with Crippen LogP contribution in [0.3, 0.4) is 0 Å². The highest BCUT2D eigenvalue weighted by atomic mass is 15.2. The third-order valence-electron chi connectivity index (χ3n) is 2.79. The summed E-state index contributed by atoms with van der Waals surface area (Å²) in [7, 11) is 0. The lowest BCUT2D eigenvalue weighted by Gasteiger charge is -2.29. The molecule has 1 rings (SSSR count). The molecule has 0 atom stereocenters. The van der Waals surface area contributed by atoms with E-state index < -0.39 is 0 Å². The molecule has 0 amide bonds. The predicted molar refractivity (Wildman–Crippen MR) is 78.8 cm³/mol. The van der Waals surface area contributed by atoms with Crippen molar-refractivity contribution in [1.82, 2.24) is 4.98 Å². The van der Waals surface area contributed by atoms with Crippen molar-refractivity contribution in [2.24, 2.45) is 17.6 Å². The van der Waals surface area contributed by atoms with Crippen LogP contribution in [0, 0.1) is 18.8 Å². The number of hydrogen-bond acceptors (Lipinski definition) is 3. The summed E-state index contributed by atoms with van der Waals surface area (Å²) < 4.78 is 0. The third-order valence-corrected chi connectivity index (χ3v) is 2.79. The molecule has 2 N–H and O–H groups in total. The van der Waals surface area contributed by atoms with E-state index in [2.05, 4.69) is 38.7 Å². The van der Waals surface area contributed by atoms with Crippen LogP contribution < -0.4 is 10.6 Å². The van der Waals surface area contributed by atoms with Gasteiger partial charge in [0.15, 0.2) is 0 Å². The van der Waals surface area contributed by atoms with E-state index in [4.69, 9.17) is 10.7 Å². The fourth-order valence-electron chi connectivity index (χ4n) is 2.13. The topological polar surface area (TPSA) is 42.1 Å². The number of rotatable bonds is 6. The molecule has 3 heteroatoms. The summed E-state index contributed by atoms with van der Waals surface area (Å²) in [5.74, 6) is 2.31. The van der Waals surface area contributed by atoms with Gasteiger partial charge in [-0.2, -0.15) is 0 Å². The monoisotopic (exact) mass is 249 g/mol. The number of anilines is 1. The molecule has 0 aromatic carbocycles. The summed E-state index contributed by atoms with van der Waals surface area (Å²) >= 11 is 0. The molecule has 0 fully saturated rings. The fourth-order valence-corrected chi connectivity index (χ4v) is 2.13. The highest BCUT2D eigenvalue weighted by Gasteiger charge is 2.15. The predicted octanol–water partition coefficient (Wildman–Crippen LogP) is 2.97. The minimum atomic E-state index is 0.551. The van der Waals surface area contributed by atoms with Crippen LogP contribution in [-0.4, -0.2) is 18.1 Å². The van der Waals surface area contributed by atoms with Crippen LogP contribution in [0.4, 0.5) is 5.82 Å². The number of nitrogens with zero attached hydrogens (tertiary/aromatic N) is 2. The molecular formula is C15H27N3. The van der Waals surface area contributed by atoms with Crippen molar-refractivity contribution in [3.05, 3.63) is 23.4 Å². The summed E-state index contributed by atoms with van der Waals surface area (Å²) in [6, 6.07) is 4.14. The van der Waals surface area contributed by atoms with Gasteiger partial charge in [-0.1, -0.05) is 33.8 Å². The number of hydrogen-bond donors (Lipinski definition) is 1. The van der Waals surface area contributed by atoms with Crippen LogP contribution in [0.2, 0.25) is 0 Å². The number of aryl methyl sites for hydroxylation is 1. The Kier molecular flexibility index (Phi) is 5.60. The van der Waals surface area contributed by atoms with E-state index in [1.807, 2.05) is 13.0 Å². The van der Waals surface area contributed by atoms with Crippen LogP contribution in [0.15, 0.2) is 12.1 Å². The first-order chi connectivity index (χ1) is 8.43. The van der Waals surface area contributed by atoms with Gasteiger partial charge in [-0.05, 0) is 24.8 Å². The van der Waals surface area contributed by atoms with E-state index in [-0.39, 0.29) is 0 Å². The highest BCUT2D eigenvalue weighted by molar-refractivity contribution is 5.48. The maximum Gasteiger partial charge on any atom is 0.133 e. The van der Waals surface area contributed by atoms with Crippen LogP contribution in [-0.2, 0) is 6.54 Å². The molecule has 1 heterocycles. The Labute approximate surface area is 111 Å². The first-order valence-electron chi connectivity index (χ1n) is 6.85. The Bertz CT molecular complexity index is 362. The molecule has 0 aliphatic heterocycles. The van der Waals surface area contributed by atoms with Gasteiger partial charge in [0.25, 0.3) is 0 Å². The van der Waals surface area contributed by atoms with E-state index in [0.717, 1.165) is 30.2 Å². The molecule has 0 spiro atoms. The molecule has 0 bridgehead atoms. The maximum atomic E-state index is 5.83. The van der Waals surface area contributed by atoms with Gasteiger partial charge < -0.3 is 10.6 Å². The van der Waals surface area contributed by atoms with Crippen LogP contribution >= 0.6 is 0 Å². The Morgan fingerprint density at radius 2 is 1.67 bits per heavy atom. The Morgan fingerprint density at radius 3 is 2.11 bits per heavy atom. The van der Waals surface area contributed by atoms with Gasteiger partial charge >= 0.3 is 0 Å². The van der Waals surface area contributed by atoms with Gasteiger partial charge in [0.05, 0.1) is 0 Å². The van der Waals surface area contributed by atoms with E-state index >= 15 is 0 Å². The molecule has 0 saturated carbocycles. The van der Waals surface area contributed by atoms with E-state index in [1.165, 1.54) is 0 Å². The fraction of sp³-hybridized carbons (Fsp3) is 0.667. The average Bonchev–Trinajstić information content (AvgIpc) is 2.26. The molecule has 0 aliphatic carbocycles. The number of nitrogens with two attached hydrogens (primary N) is 1. The zero-order valence-electron chi connectivity index (χ0n) is 12.4. The van der Waals surface area contributed by atoms with Crippen molar-refractivity contribution in [3.8, 4) is 0 Å². The van der Waals surface area contributed by atoms with Gasteiger partial charge in [-0.3, -0.25) is 0 Å². The molecule has 1 aromatic rings. The van der Waals surface area contributed by atoms with Crippen LogP contribution in [0.1, 0.15) is 39.0 Å². The Balaban J connectivity index is 3.05. The summed E-state index contributed by atoms with van der Waals surface area (Å²) in [5, 5.41) is 0. The minimum Gasteiger partial charge on any atom is -0.356 e. The lowest BCUT2D eigenvalue weighted by molar-refractivity contribution is 0.547. The first-order valence-corrected chi connectivity index (χ1v) is 6.85. The van der Waals surface area contributed by atoms with Gasteiger partial charge in [-0.15, -0.1) is 0 Å². The molecule has 1 aromatic heterocycles. The van der Waals surface area contributed by atoms with Crippen LogP contribution in [0.5, 0.6) is 0 Å². The molecule has 3 nitrogen and oxygen atoms in total. The lowest BCUT2D eigenvalue weighted by atomic mass is 10.1. The SMILES string of the molecule is Cc1ccc(CN)c(N(CC(C)C)CC(C)C)n1. The minimum absolute atomic E-state index is 0.551. The second-order valence-electron chi connectivity index (χ2n) is 5.83. The molecule has 0 radical (unpaired) electrons. The van der Waals surface area contributed by atoms with Gasteiger partial charge in [0.1, 0.15) is 5.82 Å². The highest BCUT2D eigenvalue weighted by Crippen LogP contribution is 2.20. The largest absolute Gasteiger partial charge is 0.356 e. The van der Waals surface area contributed by atoms with Gasteiger partial charge in [-0.25, -0.2) is 4.98 Å². The van der Waals surface area contributed by atoms with Crippen LogP contribution in [0.25, 0.3) is 0 Å². The molecule has 102 valence electrons. The third kappa shape index (κ3) is 4.30. The van der Waals surface area contributed by atoms with E-state index in [9.17, 15) is 0 Å². The van der Waals surface area contributed by atoms with Crippen molar-refractivity contribution in [1.29, 1.82) is 0 Å². The Morgan fingerprint density at radius 1 is 1.11 bits per heavy atom. The number of pyridine rings is 1. The summed E-state index contributed by atoms with van der Waals surface area (Å²) in [5.41, 5.74) is 8.03. The van der Waals surface area contributed by atoms with Crippen molar-refractivity contribution in [3.63, 3.8) is 0 Å². The van der Waals surface area contributed by atoms with Crippen molar-refractivity contribution in [2.45, 2.75) is 41.2 Å². The molecule has 0 saturated heterocycles. The standard InChI is InChI=1S/C15H27N3/c1-11(2)9-18(10-12(3)4)15-14(8-16)7-6-13(5)17-15/h6-7,11-12H,8-10,16H2,1-5H3. The normalized spacial score (nSPS) is 11.3. The molecule has 0 unspecified atom stereocenters. The summed E-state index contributed by atoms with van der Waals surface area (Å²) in [4.78, 5) is 7.08. The second kappa shape index (κ2) is 6.74. The quantitative estimate of drug-likeness (QED) is 0.843. The van der Waals surface area contributed by atoms with E-state index in [0.29, 0.717) is 18.4 Å². The zero-order valence-corrected chi connectivity index (χ0v) is 12.4. The molecule has 0 aliphatic rings.